The summed E-state index contributed by atoms with van der Waals surface area (Å²) in [6, 6.07) is 76.9. The smallest absolute Gasteiger partial charge is 0.123 e. The summed E-state index contributed by atoms with van der Waals surface area (Å²) in [6.45, 7) is 2.02. The normalized spacial score (nSPS) is 14.2. The lowest BCUT2D eigenvalue weighted by atomic mass is 9.87. The number of benzene rings is 11. The van der Waals surface area contributed by atoms with Crippen LogP contribution in [-0.2, 0) is 0 Å². The van der Waals surface area contributed by atoms with Gasteiger partial charge in [-0.3, -0.25) is 0 Å². The lowest BCUT2D eigenvalue weighted by molar-refractivity contribution is 0.564. The molecule has 1 aliphatic carbocycles. The van der Waals surface area contributed by atoms with Crippen LogP contribution in [0.2, 0.25) is 0 Å². The first-order chi connectivity index (χ1) is 35.9. The van der Waals surface area contributed by atoms with E-state index in [0.29, 0.717) is 22.5 Å². The van der Waals surface area contributed by atoms with Crippen molar-refractivity contribution < 1.29 is 8.78 Å². The average molecular weight is 943 g/mol. The van der Waals surface area contributed by atoms with Gasteiger partial charge in [0.15, 0.2) is 0 Å². The molecule has 0 aliphatic heterocycles. The summed E-state index contributed by atoms with van der Waals surface area (Å²) < 4.78 is 30.2. The zero-order valence-electron chi connectivity index (χ0n) is 39.7. The maximum absolute atomic E-state index is 15.2. The Balaban J connectivity index is 1.14. The molecular weight excluding hydrogens is 899 g/mol. The van der Waals surface area contributed by atoms with Gasteiger partial charge in [0.1, 0.15) is 23.8 Å². The number of nitrogens with zero attached hydrogens (tertiary/aromatic N) is 4. The molecule has 0 N–H and O–H groups in total. The molecular formula is C67H44F2N4. The van der Waals surface area contributed by atoms with Crippen molar-refractivity contribution in [2.75, 3.05) is 9.80 Å². The first-order valence-electron chi connectivity index (χ1n) is 24.4. The van der Waals surface area contributed by atoms with Crippen LogP contribution in [0.5, 0.6) is 0 Å². The molecule has 0 radical (unpaired) electrons. The zero-order chi connectivity index (χ0) is 49.6. The Hall–Kier alpha value is -9.62. The van der Waals surface area contributed by atoms with Gasteiger partial charge in [0.2, 0.25) is 0 Å². The van der Waals surface area contributed by atoms with E-state index in [1.807, 2.05) is 110 Å². The van der Waals surface area contributed by atoms with E-state index in [9.17, 15) is 14.9 Å². The Morgan fingerprint density at radius 3 is 1.41 bits per heavy atom. The molecule has 0 fully saturated rings. The number of halogens is 2. The first-order valence-corrected chi connectivity index (χ1v) is 24.4. The predicted molar refractivity (Wildman–Crippen MR) is 296 cm³/mol. The van der Waals surface area contributed by atoms with Gasteiger partial charge in [-0.2, -0.15) is 10.5 Å². The minimum absolute atomic E-state index is 0.287. The molecule has 4 nitrogen and oxygen atoms in total. The molecule has 11 aromatic carbocycles. The van der Waals surface area contributed by atoms with Crippen molar-refractivity contribution >= 4 is 60.8 Å². The van der Waals surface area contributed by atoms with Crippen molar-refractivity contribution in [3.8, 4) is 56.6 Å². The summed E-state index contributed by atoms with van der Waals surface area (Å²) >= 11 is 0. The van der Waals surface area contributed by atoms with E-state index in [0.717, 1.165) is 93.9 Å². The van der Waals surface area contributed by atoms with Crippen LogP contribution < -0.4 is 9.80 Å². The minimum atomic E-state index is -0.390. The number of anilines is 5. The van der Waals surface area contributed by atoms with Crippen LogP contribution in [-0.4, -0.2) is 6.04 Å². The predicted octanol–water partition coefficient (Wildman–Crippen LogP) is 18.2. The fourth-order valence-electron chi connectivity index (χ4n) is 10.9. The average Bonchev–Trinajstić information content (AvgIpc) is 3.44. The third-order valence-electron chi connectivity index (χ3n) is 14.2. The fraction of sp³-hybridized carbons (Fsp3) is 0.0448. The van der Waals surface area contributed by atoms with Gasteiger partial charge in [-0.25, -0.2) is 8.78 Å². The summed E-state index contributed by atoms with van der Waals surface area (Å²) in [6.07, 6.45) is 5.10. The molecule has 0 saturated heterocycles. The van der Waals surface area contributed by atoms with Gasteiger partial charge in [0, 0.05) is 39.2 Å². The van der Waals surface area contributed by atoms with Crippen molar-refractivity contribution in [3.05, 3.63) is 259 Å². The van der Waals surface area contributed by atoms with Crippen LogP contribution >= 0.6 is 0 Å². The van der Waals surface area contributed by atoms with Crippen molar-refractivity contribution in [1.82, 2.24) is 0 Å². The summed E-state index contributed by atoms with van der Waals surface area (Å²) in [4.78, 5) is 4.35. The Kier molecular flexibility index (Phi) is 11.4. The molecule has 73 heavy (non-hydrogen) atoms. The number of allylic oxidation sites excluding steroid dienone is 2. The lowest BCUT2D eigenvalue weighted by Crippen LogP contribution is -2.36. The minimum Gasteiger partial charge on any atom is -0.332 e. The van der Waals surface area contributed by atoms with Crippen molar-refractivity contribution in [2.24, 2.45) is 5.92 Å². The molecule has 0 spiro atoms. The molecule has 0 heterocycles. The number of nitriles is 2. The monoisotopic (exact) mass is 942 g/mol. The SMILES string of the molecule is CC1C=C(F)C=CC1N(c1c(C#N)cc(-c2ccccc2)cc1-c1ccccc1)c1ccc2ccc3c(N(c4ccc(F)cc4)c4c(C#N)cc(-c5ccccc5)cc4-c4ccccc4)ccc4ccc1c2c43. The van der Waals surface area contributed by atoms with Gasteiger partial charge in [-0.15, -0.1) is 0 Å². The molecule has 2 atom stereocenters. The van der Waals surface area contributed by atoms with Crippen LogP contribution in [0.3, 0.4) is 0 Å². The summed E-state index contributed by atoms with van der Waals surface area (Å²) in [5, 5.41) is 28.4. The summed E-state index contributed by atoms with van der Waals surface area (Å²) in [7, 11) is 0. The molecule has 346 valence electrons. The molecule has 6 heteroatoms. The molecule has 2 unspecified atom stereocenters. The van der Waals surface area contributed by atoms with E-state index >= 15 is 4.39 Å². The lowest BCUT2D eigenvalue weighted by Gasteiger charge is -2.39. The second-order valence-electron chi connectivity index (χ2n) is 18.6. The highest BCUT2D eigenvalue weighted by molar-refractivity contribution is 6.28. The van der Waals surface area contributed by atoms with Gasteiger partial charge in [0.05, 0.1) is 34.2 Å². The highest BCUT2D eigenvalue weighted by Gasteiger charge is 2.33. The van der Waals surface area contributed by atoms with Crippen LogP contribution in [0.15, 0.2) is 242 Å². The first kappa shape index (κ1) is 44.6. The Morgan fingerprint density at radius 2 is 0.904 bits per heavy atom. The molecule has 0 saturated carbocycles. The molecule has 0 aromatic heterocycles. The number of hydrogen-bond acceptors (Lipinski definition) is 4. The number of rotatable bonds is 10. The van der Waals surface area contributed by atoms with Crippen LogP contribution in [0, 0.1) is 34.4 Å². The van der Waals surface area contributed by atoms with Crippen molar-refractivity contribution in [1.29, 1.82) is 10.5 Å². The molecule has 0 bridgehead atoms. The van der Waals surface area contributed by atoms with Crippen LogP contribution in [0.4, 0.5) is 37.2 Å². The van der Waals surface area contributed by atoms with Gasteiger partial charge < -0.3 is 9.80 Å². The van der Waals surface area contributed by atoms with E-state index < -0.39 is 0 Å². The molecule has 0 amide bonds. The maximum atomic E-state index is 15.2. The van der Waals surface area contributed by atoms with E-state index in [2.05, 4.69) is 119 Å². The van der Waals surface area contributed by atoms with E-state index in [-0.39, 0.29) is 23.6 Å². The standard InChI is InChI=1S/C67H44F2N4/c1-43-36-55(69)28-35-61(43)73(67-53(42-71)38-51(45-16-8-3-9-17-45)40-60(67)47-20-12-5-13-21-47)63-34-25-49-22-31-57-62(33-24-48-23-32-58(63)65(49)64(48)57)72(56-29-26-54(68)27-30-56)66-52(41-70)37-50(44-14-6-2-7-15-44)39-59(66)46-18-10-4-11-19-46/h2-40,43,61H,1H3. The largest absolute Gasteiger partial charge is 0.332 e. The Labute approximate surface area is 422 Å². The van der Waals surface area contributed by atoms with E-state index in [1.54, 1.807) is 18.2 Å². The van der Waals surface area contributed by atoms with Gasteiger partial charge in [0.25, 0.3) is 0 Å². The van der Waals surface area contributed by atoms with Crippen molar-refractivity contribution in [3.63, 3.8) is 0 Å². The second kappa shape index (κ2) is 18.6. The zero-order valence-corrected chi connectivity index (χ0v) is 39.7. The molecule has 11 aromatic rings. The highest BCUT2D eigenvalue weighted by Crippen LogP contribution is 2.52. The molecule has 1 aliphatic rings. The van der Waals surface area contributed by atoms with E-state index in [1.165, 1.54) is 18.2 Å². The maximum Gasteiger partial charge on any atom is 0.123 e. The highest BCUT2D eigenvalue weighted by atomic mass is 19.1. The quantitative estimate of drug-likeness (QED) is 0.128. The van der Waals surface area contributed by atoms with Crippen LogP contribution in [0.25, 0.3) is 76.8 Å². The van der Waals surface area contributed by atoms with Gasteiger partial charge >= 0.3 is 0 Å². The second-order valence-corrected chi connectivity index (χ2v) is 18.6. The van der Waals surface area contributed by atoms with Crippen molar-refractivity contribution in [2.45, 2.75) is 13.0 Å². The van der Waals surface area contributed by atoms with Gasteiger partial charge in [-0.1, -0.05) is 171 Å². The van der Waals surface area contributed by atoms with Gasteiger partial charge in [-0.05, 0) is 128 Å². The Morgan fingerprint density at radius 1 is 0.452 bits per heavy atom. The Bertz CT molecular complexity index is 4030. The molecule has 12 rings (SSSR count). The third kappa shape index (κ3) is 7.93. The van der Waals surface area contributed by atoms with Crippen LogP contribution in [0.1, 0.15) is 18.1 Å². The van der Waals surface area contributed by atoms with E-state index in [4.69, 9.17) is 0 Å². The summed E-state index contributed by atoms with van der Waals surface area (Å²) in [5.41, 5.74) is 12.0. The summed E-state index contributed by atoms with van der Waals surface area (Å²) in [5.74, 6) is -0.959. The number of hydrogen-bond donors (Lipinski definition) is 0. The third-order valence-corrected chi connectivity index (χ3v) is 14.2. The fourth-order valence-corrected chi connectivity index (χ4v) is 10.9. The topological polar surface area (TPSA) is 54.1 Å².